The first-order valence-electron chi connectivity index (χ1n) is 21.5. The van der Waals surface area contributed by atoms with Gasteiger partial charge in [-0.25, -0.2) is 15.0 Å². The van der Waals surface area contributed by atoms with Crippen LogP contribution in [0.25, 0.3) is 44.5 Å². The highest BCUT2D eigenvalue weighted by molar-refractivity contribution is 6.12. The number of carbonyl (C=O) groups excluding carboxylic acids is 4. The highest BCUT2D eigenvalue weighted by atomic mass is 16.5. The van der Waals surface area contributed by atoms with Crippen LogP contribution in [0.2, 0.25) is 0 Å². The zero-order valence-electron chi connectivity index (χ0n) is 37.0. The number of hydrogen-bond donors (Lipinski definition) is 6. The molecule has 0 aliphatic rings. The van der Waals surface area contributed by atoms with Gasteiger partial charge in [0.2, 0.25) is 23.7 Å². The summed E-state index contributed by atoms with van der Waals surface area (Å²) in [7, 11) is 1.46. The van der Waals surface area contributed by atoms with E-state index in [2.05, 4.69) is 30.9 Å². The quantitative estimate of drug-likeness (QED) is 0.0399. The molecule has 0 saturated heterocycles. The number of hydrogen-bond acceptors (Lipinski definition) is 12. The molecule has 0 saturated carbocycles. The van der Waals surface area contributed by atoms with E-state index >= 15 is 0 Å². The van der Waals surface area contributed by atoms with Gasteiger partial charge in [-0.15, -0.1) is 0 Å². The Morgan fingerprint density at radius 2 is 1.62 bits per heavy atom. The Hall–Kier alpha value is -8.10. The van der Waals surface area contributed by atoms with Crippen LogP contribution in [0.3, 0.4) is 0 Å². The summed E-state index contributed by atoms with van der Waals surface area (Å²) >= 11 is 0. The molecule has 344 valence electrons. The van der Waals surface area contributed by atoms with Gasteiger partial charge in [0.15, 0.2) is 11.5 Å². The molecule has 0 unspecified atom stereocenters. The number of benzene rings is 2. The van der Waals surface area contributed by atoms with Gasteiger partial charge in [0, 0.05) is 72.8 Å². The molecule has 0 atom stereocenters. The first-order chi connectivity index (χ1) is 31.8. The van der Waals surface area contributed by atoms with Gasteiger partial charge in [-0.3, -0.25) is 39.1 Å². The molecule has 5 aromatic heterocycles. The molecule has 0 spiro atoms. The van der Waals surface area contributed by atoms with E-state index in [0.29, 0.717) is 63.3 Å². The Morgan fingerprint density at radius 1 is 0.879 bits per heavy atom. The molecule has 7 aromatic rings. The number of imidazole rings is 1. The third-order valence-electron chi connectivity index (χ3n) is 10.7. The van der Waals surface area contributed by atoms with Crippen molar-refractivity contribution in [3.8, 4) is 23.0 Å². The fourth-order valence-corrected chi connectivity index (χ4v) is 7.66. The van der Waals surface area contributed by atoms with Crippen molar-refractivity contribution < 1.29 is 38.6 Å². The van der Waals surface area contributed by atoms with Crippen molar-refractivity contribution in [3.63, 3.8) is 0 Å². The van der Waals surface area contributed by atoms with Crippen molar-refractivity contribution >= 4 is 68.5 Å². The molecule has 0 fully saturated rings. The SMILES string of the molecule is CCCc1cc(C(=O)Nc2nc3cc(C(N)=O)cc(OC)c3n2CC=CCn2c3nc(-c4cc(C)nn4CC)ncc3c3cc(C(N)=O)cc(OCCCNC(=O)CCCC(=O)O)c32)n[nH]1. The number of fused-ring (bicyclic) bond motifs is 4. The number of aliphatic carboxylic acids is 1. The fraction of sp³-hybridized carbons (Fsp3) is 0.333. The van der Waals surface area contributed by atoms with Gasteiger partial charge in [-0.1, -0.05) is 25.5 Å². The summed E-state index contributed by atoms with van der Waals surface area (Å²) in [4.78, 5) is 76.1. The van der Waals surface area contributed by atoms with E-state index in [1.54, 1.807) is 29.0 Å². The molecule has 0 bridgehead atoms. The highest BCUT2D eigenvalue weighted by Crippen LogP contribution is 2.37. The van der Waals surface area contributed by atoms with Crippen molar-refractivity contribution in [3.05, 3.63) is 83.0 Å². The maximum absolute atomic E-state index is 13.5. The summed E-state index contributed by atoms with van der Waals surface area (Å²) in [5.41, 5.74) is 16.4. The van der Waals surface area contributed by atoms with E-state index in [1.807, 2.05) is 48.2 Å². The normalized spacial score (nSPS) is 11.5. The number of aromatic amines is 1. The maximum atomic E-state index is 13.5. The summed E-state index contributed by atoms with van der Waals surface area (Å²) in [5.74, 6) is -1.81. The second kappa shape index (κ2) is 20.2. The second-order valence-corrected chi connectivity index (χ2v) is 15.5. The highest BCUT2D eigenvalue weighted by Gasteiger charge is 2.23. The molecule has 7 rings (SSSR count). The predicted octanol–water partition coefficient (Wildman–Crippen LogP) is 4.66. The van der Waals surface area contributed by atoms with E-state index in [4.69, 9.17) is 36.0 Å². The Balaban J connectivity index is 1.26. The van der Waals surface area contributed by atoms with Crippen molar-refractivity contribution in [2.75, 3.05) is 25.6 Å². The number of amides is 4. The number of H-pyrrole nitrogens is 1. The minimum atomic E-state index is -0.964. The Labute approximate surface area is 377 Å². The number of aromatic nitrogens is 9. The third kappa shape index (κ3) is 9.98. The largest absolute Gasteiger partial charge is 0.494 e. The molecule has 21 heteroatoms. The second-order valence-electron chi connectivity index (χ2n) is 15.5. The minimum Gasteiger partial charge on any atom is -0.494 e. The summed E-state index contributed by atoms with van der Waals surface area (Å²) in [6.45, 7) is 7.30. The summed E-state index contributed by atoms with van der Waals surface area (Å²) < 4.78 is 17.6. The number of carboxylic acid groups (broad SMARTS) is 1. The first-order valence-corrected chi connectivity index (χ1v) is 21.5. The summed E-state index contributed by atoms with van der Waals surface area (Å²) in [5, 5.41) is 27.5. The number of nitrogens with one attached hydrogen (secondary N) is 3. The molecule has 4 amide bonds. The molecular weight excluding hydrogens is 851 g/mol. The van der Waals surface area contributed by atoms with Gasteiger partial charge >= 0.3 is 5.97 Å². The number of rotatable bonds is 22. The van der Waals surface area contributed by atoms with Crippen molar-refractivity contribution in [2.24, 2.45) is 11.5 Å². The number of aryl methyl sites for hydroxylation is 3. The monoisotopic (exact) mass is 901 g/mol. The lowest BCUT2D eigenvalue weighted by Crippen LogP contribution is -2.25. The van der Waals surface area contributed by atoms with Crippen molar-refractivity contribution in [1.29, 1.82) is 0 Å². The van der Waals surface area contributed by atoms with Gasteiger partial charge in [0.25, 0.3) is 5.91 Å². The molecule has 0 aliphatic heterocycles. The molecule has 5 heterocycles. The lowest BCUT2D eigenvalue weighted by atomic mass is 10.1. The number of methoxy groups -OCH3 is 1. The zero-order chi connectivity index (χ0) is 47.1. The van der Waals surface area contributed by atoms with Crippen LogP contribution in [0.4, 0.5) is 5.95 Å². The Morgan fingerprint density at radius 3 is 2.33 bits per heavy atom. The van der Waals surface area contributed by atoms with E-state index in [-0.39, 0.29) is 74.2 Å². The molecule has 21 nitrogen and oxygen atoms in total. The average molecular weight is 902 g/mol. The number of primary amides is 2. The van der Waals surface area contributed by atoms with Crippen molar-refractivity contribution in [1.82, 2.24) is 49.4 Å². The summed E-state index contributed by atoms with van der Waals surface area (Å²) in [6, 6.07) is 9.89. The van der Waals surface area contributed by atoms with Crippen LogP contribution in [-0.4, -0.2) is 99.0 Å². The zero-order valence-corrected chi connectivity index (χ0v) is 37.0. The van der Waals surface area contributed by atoms with Gasteiger partial charge in [-0.05, 0) is 69.5 Å². The number of allylic oxidation sites excluding steroid dienone is 2. The molecule has 2 aromatic carbocycles. The number of carboxylic acids is 1. The van der Waals surface area contributed by atoms with E-state index in [0.717, 1.165) is 29.9 Å². The minimum absolute atomic E-state index is 0.0887. The van der Waals surface area contributed by atoms with E-state index in [1.165, 1.54) is 19.2 Å². The van der Waals surface area contributed by atoms with Gasteiger partial charge in [0.05, 0.1) is 30.4 Å². The van der Waals surface area contributed by atoms with Gasteiger partial charge < -0.3 is 40.5 Å². The van der Waals surface area contributed by atoms with Crippen LogP contribution < -0.4 is 31.6 Å². The average Bonchev–Trinajstić information content (AvgIpc) is 4.07. The number of anilines is 1. The van der Waals surface area contributed by atoms with Gasteiger partial charge in [-0.2, -0.15) is 10.2 Å². The lowest BCUT2D eigenvalue weighted by molar-refractivity contribution is -0.137. The molecular formula is C45H51N13O8. The number of ether oxygens (including phenoxy) is 2. The van der Waals surface area contributed by atoms with Crippen LogP contribution in [-0.2, 0) is 35.6 Å². The predicted molar refractivity (Wildman–Crippen MR) is 244 cm³/mol. The number of nitrogens with zero attached hydrogens (tertiary/aromatic N) is 8. The van der Waals surface area contributed by atoms with Crippen LogP contribution in [0.5, 0.6) is 11.5 Å². The molecule has 8 N–H and O–H groups in total. The lowest BCUT2D eigenvalue weighted by Gasteiger charge is -2.13. The molecule has 0 radical (unpaired) electrons. The topological polar surface area (TPSA) is 295 Å². The number of carbonyl (C=O) groups is 5. The first kappa shape index (κ1) is 45.9. The summed E-state index contributed by atoms with van der Waals surface area (Å²) in [6.07, 6.45) is 7.68. The maximum Gasteiger partial charge on any atom is 0.303 e. The van der Waals surface area contributed by atoms with Crippen LogP contribution in [0.1, 0.15) is 88.5 Å². The standard InChI is InChI=1S/C45H51N13O8/c1-5-11-28-23-32(54-53-28)44(64)52-45-50-31-20-27(41(47)63)21-34(65-4)39(31)57(45)16-8-7-15-56-38-29(30-24-49-42(51-43(30)56)33-18-25(3)55-58(33)6-2)19-26(40(46)62)22-35(38)66-17-10-14-48-36(59)12-9-13-37(60)61/h7-8,18-24H,5-6,9-17H2,1-4H3,(H2,46,62)(H2,47,63)(H,48,59)(H,53,54)(H,60,61)(H,50,52,64). The van der Waals surface area contributed by atoms with Gasteiger partial charge in [0.1, 0.15) is 28.4 Å². The number of nitrogens with two attached hydrogens (primary N) is 2. The van der Waals surface area contributed by atoms with Crippen LogP contribution >= 0.6 is 0 Å². The molecule has 66 heavy (non-hydrogen) atoms. The Kier molecular flexibility index (Phi) is 14.0. The van der Waals surface area contributed by atoms with Crippen LogP contribution in [0, 0.1) is 6.92 Å². The smallest absolute Gasteiger partial charge is 0.303 e. The van der Waals surface area contributed by atoms with Crippen LogP contribution in [0.15, 0.2) is 54.7 Å². The molecule has 0 aliphatic carbocycles. The fourth-order valence-electron chi connectivity index (χ4n) is 7.66. The third-order valence-corrected chi connectivity index (χ3v) is 10.7. The Bertz CT molecular complexity index is 3010. The van der Waals surface area contributed by atoms with E-state index < -0.39 is 23.7 Å². The van der Waals surface area contributed by atoms with E-state index in [9.17, 15) is 24.0 Å². The van der Waals surface area contributed by atoms with Crippen molar-refractivity contribution in [2.45, 2.75) is 78.9 Å².